The standard InChI is InChI=1S/C20H30N2O2/c1-15(18-13-21-14-18)20(23)22-11-9-17(10-12-22)4-3-16-5-7-19(24-2)8-6-16/h5-8,15,17-18,21H,3-4,9-14H2,1-2H3. The summed E-state index contributed by atoms with van der Waals surface area (Å²) in [6.07, 6.45) is 4.64. The van der Waals surface area contributed by atoms with Gasteiger partial charge in [0.05, 0.1) is 7.11 Å². The van der Waals surface area contributed by atoms with Crippen molar-refractivity contribution in [3.8, 4) is 5.75 Å². The average molecular weight is 330 g/mol. The molecule has 2 aliphatic rings. The van der Waals surface area contributed by atoms with Crippen LogP contribution in [0, 0.1) is 17.8 Å². The Morgan fingerprint density at radius 2 is 1.92 bits per heavy atom. The summed E-state index contributed by atoms with van der Waals surface area (Å²) in [5.74, 6) is 2.76. The Balaban J connectivity index is 1.40. The first-order valence-corrected chi connectivity index (χ1v) is 9.30. The quantitative estimate of drug-likeness (QED) is 0.872. The largest absolute Gasteiger partial charge is 0.497 e. The van der Waals surface area contributed by atoms with Crippen LogP contribution in [0.5, 0.6) is 5.75 Å². The minimum Gasteiger partial charge on any atom is -0.497 e. The molecular weight excluding hydrogens is 300 g/mol. The van der Waals surface area contributed by atoms with E-state index < -0.39 is 0 Å². The molecule has 0 saturated carbocycles. The number of ether oxygens (including phenoxy) is 1. The molecule has 1 unspecified atom stereocenters. The van der Waals surface area contributed by atoms with Gasteiger partial charge in [0.15, 0.2) is 0 Å². The highest BCUT2D eigenvalue weighted by Crippen LogP contribution is 2.26. The van der Waals surface area contributed by atoms with Gasteiger partial charge in [-0.15, -0.1) is 0 Å². The Morgan fingerprint density at radius 3 is 2.46 bits per heavy atom. The number of nitrogens with one attached hydrogen (secondary N) is 1. The van der Waals surface area contributed by atoms with Gasteiger partial charge >= 0.3 is 0 Å². The van der Waals surface area contributed by atoms with Crippen molar-refractivity contribution in [3.05, 3.63) is 29.8 Å². The molecular formula is C20H30N2O2. The summed E-state index contributed by atoms with van der Waals surface area (Å²) in [5, 5.41) is 3.27. The van der Waals surface area contributed by atoms with Gasteiger partial charge in [0.25, 0.3) is 0 Å². The maximum absolute atomic E-state index is 12.6. The number of methoxy groups -OCH3 is 1. The van der Waals surface area contributed by atoms with Crippen molar-refractivity contribution < 1.29 is 9.53 Å². The number of benzene rings is 1. The number of nitrogens with zero attached hydrogens (tertiary/aromatic N) is 1. The molecule has 2 fully saturated rings. The summed E-state index contributed by atoms with van der Waals surface area (Å²) in [5.41, 5.74) is 1.38. The molecule has 1 aromatic rings. The number of likely N-dealkylation sites (tertiary alicyclic amines) is 1. The molecule has 132 valence electrons. The summed E-state index contributed by atoms with van der Waals surface area (Å²) in [4.78, 5) is 14.7. The second-order valence-corrected chi connectivity index (χ2v) is 7.36. The number of rotatable bonds is 6. The van der Waals surface area contributed by atoms with Crippen LogP contribution in [0.25, 0.3) is 0 Å². The van der Waals surface area contributed by atoms with Gasteiger partial charge in [-0.25, -0.2) is 0 Å². The fourth-order valence-electron chi connectivity index (χ4n) is 3.76. The van der Waals surface area contributed by atoms with E-state index in [1.807, 2.05) is 12.1 Å². The molecule has 1 atom stereocenters. The fraction of sp³-hybridized carbons (Fsp3) is 0.650. The van der Waals surface area contributed by atoms with Gasteiger partial charge in [0.1, 0.15) is 5.75 Å². The first-order valence-electron chi connectivity index (χ1n) is 9.30. The molecule has 2 heterocycles. The van der Waals surface area contributed by atoms with E-state index in [1.54, 1.807) is 7.11 Å². The number of hydrogen-bond donors (Lipinski definition) is 1. The minimum absolute atomic E-state index is 0.182. The van der Waals surface area contributed by atoms with Crippen LogP contribution < -0.4 is 10.1 Å². The smallest absolute Gasteiger partial charge is 0.225 e. The van der Waals surface area contributed by atoms with Gasteiger partial charge in [-0.05, 0) is 68.3 Å². The molecule has 0 spiro atoms. The molecule has 2 aliphatic heterocycles. The summed E-state index contributed by atoms with van der Waals surface area (Å²) in [6, 6.07) is 8.39. The second-order valence-electron chi connectivity index (χ2n) is 7.36. The van der Waals surface area contributed by atoms with Gasteiger partial charge in [0.2, 0.25) is 5.91 Å². The van der Waals surface area contributed by atoms with E-state index >= 15 is 0 Å². The summed E-state index contributed by atoms with van der Waals surface area (Å²) in [6.45, 7) is 5.99. The highest BCUT2D eigenvalue weighted by atomic mass is 16.5. The van der Waals surface area contributed by atoms with Gasteiger partial charge in [-0.2, -0.15) is 0 Å². The van der Waals surface area contributed by atoms with Crippen molar-refractivity contribution >= 4 is 5.91 Å². The van der Waals surface area contributed by atoms with Crippen LogP contribution in [0.2, 0.25) is 0 Å². The maximum atomic E-state index is 12.6. The van der Waals surface area contributed by atoms with Gasteiger partial charge in [0, 0.05) is 19.0 Å². The molecule has 0 bridgehead atoms. The van der Waals surface area contributed by atoms with Crippen LogP contribution in [0.4, 0.5) is 0 Å². The highest BCUT2D eigenvalue weighted by Gasteiger charge is 2.33. The normalized spacial score (nSPS) is 20.5. The Kier molecular flexibility index (Phi) is 5.77. The zero-order chi connectivity index (χ0) is 16.9. The first kappa shape index (κ1) is 17.3. The molecule has 4 nitrogen and oxygen atoms in total. The van der Waals surface area contributed by atoms with Crippen LogP contribution in [-0.2, 0) is 11.2 Å². The Morgan fingerprint density at radius 1 is 1.25 bits per heavy atom. The molecule has 4 heteroatoms. The van der Waals surface area contributed by atoms with Crippen molar-refractivity contribution in [2.45, 2.75) is 32.6 Å². The number of carbonyl (C=O) groups excluding carboxylic acids is 1. The Hall–Kier alpha value is -1.55. The molecule has 2 saturated heterocycles. The SMILES string of the molecule is COc1ccc(CCC2CCN(C(=O)C(C)C3CNC3)CC2)cc1. The average Bonchev–Trinajstić information content (AvgIpc) is 2.58. The third-order valence-electron chi connectivity index (χ3n) is 5.84. The predicted octanol–water partition coefficient (Wildman–Crippen LogP) is 2.72. The van der Waals surface area contributed by atoms with E-state index in [0.717, 1.165) is 57.1 Å². The van der Waals surface area contributed by atoms with Crippen LogP contribution in [-0.4, -0.2) is 44.1 Å². The zero-order valence-corrected chi connectivity index (χ0v) is 15.0. The van der Waals surface area contributed by atoms with E-state index in [9.17, 15) is 4.79 Å². The molecule has 1 N–H and O–H groups in total. The molecule has 0 radical (unpaired) electrons. The molecule has 1 amide bonds. The third kappa shape index (κ3) is 4.10. The monoisotopic (exact) mass is 330 g/mol. The van der Waals surface area contributed by atoms with Gasteiger partial charge < -0.3 is 15.0 Å². The van der Waals surface area contributed by atoms with Crippen molar-refractivity contribution in [3.63, 3.8) is 0 Å². The van der Waals surface area contributed by atoms with Crippen LogP contribution in [0.1, 0.15) is 31.7 Å². The number of hydrogen-bond acceptors (Lipinski definition) is 3. The van der Waals surface area contributed by atoms with E-state index in [2.05, 4.69) is 29.3 Å². The number of piperidine rings is 1. The topological polar surface area (TPSA) is 41.6 Å². The van der Waals surface area contributed by atoms with Crippen molar-refractivity contribution in [1.29, 1.82) is 0 Å². The zero-order valence-electron chi connectivity index (χ0n) is 15.0. The molecule has 0 aromatic heterocycles. The lowest BCUT2D eigenvalue weighted by Gasteiger charge is -2.38. The lowest BCUT2D eigenvalue weighted by molar-refractivity contribution is -0.138. The Labute approximate surface area is 145 Å². The summed E-state index contributed by atoms with van der Waals surface area (Å²) < 4.78 is 5.20. The molecule has 0 aliphatic carbocycles. The minimum atomic E-state index is 0.182. The first-order chi connectivity index (χ1) is 11.7. The van der Waals surface area contributed by atoms with Crippen LogP contribution in [0.15, 0.2) is 24.3 Å². The lowest BCUT2D eigenvalue weighted by Crippen LogP contribution is -2.51. The van der Waals surface area contributed by atoms with Gasteiger partial charge in [-0.1, -0.05) is 19.1 Å². The number of amides is 1. The highest BCUT2D eigenvalue weighted by molar-refractivity contribution is 5.79. The second kappa shape index (κ2) is 8.02. The lowest BCUT2D eigenvalue weighted by atomic mass is 9.86. The fourth-order valence-corrected chi connectivity index (χ4v) is 3.76. The van der Waals surface area contributed by atoms with Crippen molar-refractivity contribution in [1.82, 2.24) is 10.2 Å². The molecule has 24 heavy (non-hydrogen) atoms. The molecule has 1 aromatic carbocycles. The van der Waals surface area contributed by atoms with Crippen LogP contribution in [0.3, 0.4) is 0 Å². The van der Waals surface area contributed by atoms with Crippen molar-refractivity contribution in [2.75, 3.05) is 33.3 Å². The van der Waals surface area contributed by atoms with E-state index in [1.165, 1.54) is 12.0 Å². The third-order valence-corrected chi connectivity index (χ3v) is 5.84. The van der Waals surface area contributed by atoms with Crippen molar-refractivity contribution in [2.24, 2.45) is 17.8 Å². The predicted molar refractivity (Wildman–Crippen MR) is 96.1 cm³/mol. The number of aryl methyl sites for hydroxylation is 1. The summed E-state index contributed by atoms with van der Waals surface area (Å²) in [7, 11) is 1.70. The van der Waals surface area contributed by atoms with E-state index in [4.69, 9.17) is 4.74 Å². The molecule has 3 rings (SSSR count). The van der Waals surface area contributed by atoms with E-state index in [-0.39, 0.29) is 5.92 Å². The van der Waals surface area contributed by atoms with E-state index in [0.29, 0.717) is 11.8 Å². The van der Waals surface area contributed by atoms with Crippen LogP contribution >= 0.6 is 0 Å². The maximum Gasteiger partial charge on any atom is 0.225 e. The van der Waals surface area contributed by atoms with Gasteiger partial charge in [-0.3, -0.25) is 4.79 Å². The number of carbonyl (C=O) groups is 1. The summed E-state index contributed by atoms with van der Waals surface area (Å²) >= 11 is 0. The Bertz CT molecular complexity index is 531.